The Morgan fingerprint density at radius 1 is 1.26 bits per heavy atom. The van der Waals surface area contributed by atoms with Crippen LogP contribution >= 0.6 is 11.3 Å². The maximum Gasteiger partial charge on any atom is 0.415 e. The van der Waals surface area contributed by atoms with E-state index in [1.54, 1.807) is 35.2 Å². The van der Waals surface area contributed by atoms with E-state index in [4.69, 9.17) is 14.2 Å². The van der Waals surface area contributed by atoms with E-state index >= 15 is 0 Å². The van der Waals surface area contributed by atoms with Crippen LogP contribution in [0, 0.1) is 0 Å². The zero-order valence-corrected chi connectivity index (χ0v) is 15.5. The van der Waals surface area contributed by atoms with Gasteiger partial charge < -0.3 is 19.1 Å². The Balaban J connectivity index is 1.62. The van der Waals surface area contributed by atoms with Gasteiger partial charge in [0.25, 0.3) is 5.91 Å². The summed E-state index contributed by atoms with van der Waals surface area (Å²) in [4.78, 5) is 26.2. The van der Waals surface area contributed by atoms with Crippen molar-refractivity contribution in [2.75, 3.05) is 33.4 Å². The Kier molecular flexibility index (Phi) is 6.39. The number of benzene rings is 1. The molecule has 142 valence electrons. The van der Waals surface area contributed by atoms with Crippen molar-refractivity contribution in [3.8, 4) is 11.5 Å². The molecule has 1 N–H and O–H groups in total. The van der Waals surface area contributed by atoms with Gasteiger partial charge in [0, 0.05) is 13.1 Å². The topological polar surface area (TPSA) is 89.5 Å². The van der Waals surface area contributed by atoms with Crippen molar-refractivity contribution in [1.82, 2.24) is 10.3 Å². The molecule has 2 aromatic rings. The number of carbonyl (C=O) groups excluding carboxylic acids is 2. The molecule has 0 atom stereocenters. The van der Waals surface area contributed by atoms with Gasteiger partial charge >= 0.3 is 6.09 Å². The first-order valence-corrected chi connectivity index (χ1v) is 9.15. The second-order valence-corrected chi connectivity index (χ2v) is 6.50. The van der Waals surface area contributed by atoms with Crippen molar-refractivity contribution >= 4 is 29.6 Å². The summed E-state index contributed by atoms with van der Waals surface area (Å²) in [6.45, 7) is 1.99. The van der Waals surface area contributed by atoms with E-state index in [9.17, 15) is 9.59 Å². The number of rotatable bonds is 5. The fourth-order valence-corrected chi connectivity index (χ4v) is 3.00. The average Bonchev–Trinajstić information content (AvgIpc) is 3.24. The van der Waals surface area contributed by atoms with Crippen LogP contribution in [0.3, 0.4) is 0 Å². The van der Waals surface area contributed by atoms with Crippen LogP contribution in [0.5, 0.6) is 11.5 Å². The minimum absolute atomic E-state index is 0.274. The predicted molar refractivity (Wildman–Crippen MR) is 101 cm³/mol. The van der Waals surface area contributed by atoms with E-state index in [0.29, 0.717) is 48.2 Å². The van der Waals surface area contributed by atoms with Gasteiger partial charge in [-0.25, -0.2) is 10.2 Å². The molecule has 2 amide bonds. The normalized spacial score (nSPS) is 14.2. The van der Waals surface area contributed by atoms with Gasteiger partial charge in [0.1, 0.15) is 0 Å². The van der Waals surface area contributed by atoms with E-state index < -0.39 is 6.09 Å². The van der Waals surface area contributed by atoms with Gasteiger partial charge in [0.2, 0.25) is 0 Å². The molecule has 0 spiro atoms. The molecule has 8 nitrogen and oxygen atoms in total. The third kappa shape index (κ3) is 5.05. The molecule has 1 aliphatic rings. The number of nitrogens with zero attached hydrogens (tertiary/aromatic N) is 2. The number of morpholine rings is 1. The highest BCUT2D eigenvalue weighted by Gasteiger charge is 2.20. The largest absolute Gasteiger partial charge is 0.493 e. The van der Waals surface area contributed by atoms with Crippen molar-refractivity contribution < 1.29 is 23.8 Å². The van der Waals surface area contributed by atoms with Crippen LogP contribution in [-0.2, 0) is 4.74 Å². The monoisotopic (exact) mass is 389 g/mol. The Morgan fingerprint density at radius 2 is 2.07 bits per heavy atom. The summed E-state index contributed by atoms with van der Waals surface area (Å²) < 4.78 is 15.9. The first kappa shape index (κ1) is 18.9. The second-order valence-electron chi connectivity index (χ2n) is 5.55. The highest BCUT2D eigenvalue weighted by Crippen LogP contribution is 2.28. The molecule has 1 aliphatic heterocycles. The number of hydrazone groups is 1. The molecule has 0 aliphatic carbocycles. The van der Waals surface area contributed by atoms with Gasteiger partial charge in [-0.3, -0.25) is 4.79 Å². The highest BCUT2D eigenvalue weighted by molar-refractivity contribution is 7.12. The van der Waals surface area contributed by atoms with Crippen LogP contribution in [-0.4, -0.2) is 56.5 Å². The maximum atomic E-state index is 12.2. The summed E-state index contributed by atoms with van der Waals surface area (Å²) in [5.41, 5.74) is 3.14. The zero-order valence-electron chi connectivity index (χ0n) is 14.7. The molecule has 1 saturated heterocycles. The summed E-state index contributed by atoms with van der Waals surface area (Å²) in [5, 5.41) is 5.75. The maximum absolute atomic E-state index is 12.2. The van der Waals surface area contributed by atoms with Crippen molar-refractivity contribution in [2.45, 2.75) is 0 Å². The smallest absolute Gasteiger partial charge is 0.415 e. The van der Waals surface area contributed by atoms with Crippen LogP contribution in [0.4, 0.5) is 4.79 Å². The minimum Gasteiger partial charge on any atom is -0.493 e. The molecule has 0 bridgehead atoms. The molecule has 27 heavy (non-hydrogen) atoms. The highest BCUT2D eigenvalue weighted by atomic mass is 32.1. The number of hydrogen-bond acceptors (Lipinski definition) is 7. The van der Waals surface area contributed by atoms with Crippen LogP contribution in [0.15, 0.2) is 40.8 Å². The molecule has 9 heteroatoms. The zero-order chi connectivity index (χ0) is 19.1. The first-order chi connectivity index (χ1) is 13.2. The van der Waals surface area contributed by atoms with Crippen molar-refractivity contribution in [3.63, 3.8) is 0 Å². The van der Waals surface area contributed by atoms with Gasteiger partial charge in [0.05, 0.1) is 31.4 Å². The Morgan fingerprint density at radius 3 is 2.78 bits per heavy atom. The molecule has 1 aromatic carbocycles. The van der Waals surface area contributed by atoms with Gasteiger partial charge in [-0.2, -0.15) is 5.10 Å². The van der Waals surface area contributed by atoms with E-state index in [1.807, 2.05) is 5.38 Å². The molecule has 2 heterocycles. The number of thiophene rings is 1. The first-order valence-electron chi connectivity index (χ1n) is 8.27. The van der Waals surface area contributed by atoms with Crippen LogP contribution in [0.1, 0.15) is 15.2 Å². The number of carbonyl (C=O) groups is 2. The number of ether oxygens (including phenoxy) is 3. The molecule has 1 fully saturated rings. The van der Waals surface area contributed by atoms with E-state index in [2.05, 4.69) is 10.5 Å². The van der Waals surface area contributed by atoms with Crippen molar-refractivity contribution in [1.29, 1.82) is 0 Å². The van der Waals surface area contributed by atoms with Crippen molar-refractivity contribution in [3.05, 3.63) is 46.2 Å². The SMILES string of the molecule is COc1cc(C=NNC(=O)c2cccs2)ccc1OC(=O)N1CCOCC1. The molecule has 1 aromatic heterocycles. The summed E-state index contributed by atoms with van der Waals surface area (Å²) >= 11 is 1.34. The Labute approximate surface area is 160 Å². The molecule has 3 rings (SSSR count). The van der Waals surface area contributed by atoms with Crippen LogP contribution < -0.4 is 14.9 Å². The van der Waals surface area contributed by atoms with Gasteiger partial charge in [0.15, 0.2) is 11.5 Å². The van der Waals surface area contributed by atoms with Crippen molar-refractivity contribution in [2.24, 2.45) is 5.10 Å². The Hall–Kier alpha value is -2.91. The van der Waals surface area contributed by atoms with E-state index in [1.165, 1.54) is 24.7 Å². The quantitative estimate of drug-likeness (QED) is 0.626. The number of amides is 2. The standard InChI is InChI=1S/C18H19N3O5S/c1-24-15-11-13(12-19-20-17(22)16-3-2-10-27-16)4-5-14(15)26-18(23)21-6-8-25-9-7-21/h2-5,10-12H,6-9H2,1H3,(H,20,22). The number of nitrogens with one attached hydrogen (secondary N) is 1. The molecular weight excluding hydrogens is 370 g/mol. The third-order valence-electron chi connectivity index (χ3n) is 3.78. The average molecular weight is 389 g/mol. The molecule has 0 unspecified atom stereocenters. The lowest BCUT2D eigenvalue weighted by Gasteiger charge is -2.26. The van der Waals surface area contributed by atoms with E-state index in [-0.39, 0.29) is 5.91 Å². The van der Waals surface area contributed by atoms with E-state index in [0.717, 1.165) is 0 Å². The lowest BCUT2D eigenvalue weighted by atomic mass is 10.2. The van der Waals surface area contributed by atoms with Gasteiger partial charge in [-0.15, -0.1) is 11.3 Å². The lowest BCUT2D eigenvalue weighted by molar-refractivity contribution is 0.0413. The second kappa shape index (κ2) is 9.15. The van der Waals surface area contributed by atoms with Gasteiger partial charge in [-0.1, -0.05) is 6.07 Å². The predicted octanol–water partition coefficient (Wildman–Crippen LogP) is 2.35. The van der Waals surface area contributed by atoms with Crippen LogP contribution in [0.2, 0.25) is 0 Å². The lowest BCUT2D eigenvalue weighted by Crippen LogP contribution is -2.42. The summed E-state index contributed by atoms with van der Waals surface area (Å²) in [6, 6.07) is 8.52. The fourth-order valence-electron chi connectivity index (χ4n) is 2.38. The summed E-state index contributed by atoms with van der Waals surface area (Å²) in [6.07, 6.45) is 1.04. The number of methoxy groups -OCH3 is 1. The minimum atomic E-state index is -0.443. The summed E-state index contributed by atoms with van der Waals surface area (Å²) in [7, 11) is 1.49. The fraction of sp³-hybridized carbons (Fsp3) is 0.278. The Bertz CT molecular complexity index is 816. The van der Waals surface area contributed by atoms with Gasteiger partial charge in [-0.05, 0) is 35.2 Å². The molecule has 0 radical (unpaired) electrons. The van der Waals surface area contributed by atoms with Crippen LogP contribution in [0.25, 0.3) is 0 Å². The number of hydrogen-bond donors (Lipinski definition) is 1. The summed E-state index contributed by atoms with van der Waals surface area (Å²) in [5.74, 6) is 0.434. The third-order valence-corrected chi connectivity index (χ3v) is 4.65. The molecular formula is C18H19N3O5S. The molecule has 0 saturated carbocycles.